The van der Waals surface area contributed by atoms with Crippen LogP contribution in [-0.4, -0.2) is 20.3 Å². The number of hydrogen-bond acceptors (Lipinski definition) is 3. The Hall–Kier alpha value is -0.510. The van der Waals surface area contributed by atoms with Crippen LogP contribution in [0.25, 0.3) is 0 Å². The lowest BCUT2D eigenvalue weighted by Gasteiger charge is -2.01. The molecule has 0 atom stereocenters. The van der Waals surface area contributed by atoms with Crippen LogP contribution in [0.3, 0.4) is 0 Å². The number of aryl methyl sites for hydroxylation is 1. The van der Waals surface area contributed by atoms with E-state index in [1.807, 2.05) is 26.0 Å². The van der Waals surface area contributed by atoms with Crippen molar-refractivity contribution < 1.29 is 8.92 Å². The Morgan fingerprint density at radius 2 is 1.67 bits per heavy atom. The summed E-state index contributed by atoms with van der Waals surface area (Å²) in [6.07, 6.45) is 0. The highest BCUT2D eigenvalue weighted by Gasteiger charge is 1.93. The summed E-state index contributed by atoms with van der Waals surface area (Å²) in [6, 6.07) is 8.24. The zero-order valence-corrected chi connectivity index (χ0v) is 10.8. The molecule has 3 heteroatoms. The predicted octanol–water partition coefficient (Wildman–Crippen LogP) is 3.69. The van der Waals surface area contributed by atoms with Crippen molar-refractivity contribution in [1.29, 1.82) is 0 Å². The average Bonchev–Trinajstić information content (AvgIpc) is 2.30. The van der Waals surface area contributed by atoms with E-state index in [2.05, 4.69) is 19.1 Å². The second-order valence-electron chi connectivity index (χ2n) is 2.71. The lowest BCUT2D eigenvalue weighted by molar-refractivity contribution is 0.157. The number of benzene rings is 1. The maximum absolute atomic E-state index is 5.29. The Labute approximate surface area is 97.2 Å². The molecule has 1 aromatic rings. The van der Waals surface area contributed by atoms with Crippen LogP contribution < -0.4 is 0 Å². The number of rotatable bonds is 5. The van der Waals surface area contributed by atoms with Gasteiger partial charge in [-0.2, -0.15) is 0 Å². The lowest BCUT2D eigenvalue weighted by atomic mass is 10.2. The van der Waals surface area contributed by atoms with Crippen molar-refractivity contribution >= 4 is 12.0 Å². The zero-order valence-electron chi connectivity index (χ0n) is 9.95. The molecule has 1 aromatic carbocycles. The van der Waals surface area contributed by atoms with Crippen molar-refractivity contribution in [3.8, 4) is 0 Å². The fourth-order valence-corrected chi connectivity index (χ4v) is 1.36. The van der Waals surface area contributed by atoms with Crippen LogP contribution in [0.2, 0.25) is 0 Å². The molecule has 0 saturated carbocycles. The fraction of sp³-hybridized carbons (Fsp3) is 0.500. The third-order valence-corrected chi connectivity index (χ3v) is 2.30. The van der Waals surface area contributed by atoms with E-state index in [1.54, 1.807) is 7.11 Å². The van der Waals surface area contributed by atoms with Crippen molar-refractivity contribution in [3.63, 3.8) is 0 Å². The van der Waals surface area contributed by atoms with Gasteiger partial charge in [-0.15, -0.1) is 0 Å². The van der Waals surface area contributed by atoms with Crippen LogP contribution in [0.15, 0.2) is 29.2 Å². The highest BCUT2D eigenvalue weighted by molar-refractivity contribution is 7.94. The van der Waals surface area contributed by atoms with Crippen LogP contribution in [0, 0.1) is 6.92 Å². The summed E-state index contributed by atoms with van der Waals surface area (Å²) in [5.74, 6) is 0. The predicted molar refractivity (Wildman–Crippen MR) is 66.2 cm³/mol. The van der Waals surface area contributed by atoms with Crippen molar-refractivity contribution in [3.05, 3.63) is 29.8 Å². The van der Waals surface area contributed by atoms with Crippen molar-refractivity contribution in [2.24, 2.45) is 0 Å². The van der Waals surface area contributed by atoms with E-state index < -0.39 is 0 Å². The minimum atomic E-state index is 0.620. The topological polar surface area (TPSA) is 18.5 Å². The lowest BCUT2D eigenvalue weighted by Crippen LogP contribution is -1.95. The summed E-state index contributed by atoms with van der Waals surface area (Å²) in [7, 11) is 1.67. The molecule has 0 aliphatic carbocycles. The summed E-state index contributed by atoms with van der Waals surface area (Å²) >= 11 is 1.39. The number of methoxy groups -OCH3 is 1. The normalized spacial score (nSPS) is 9.33. The molecule has 0 spiro atoms. The van der Waals surface area contributed by atoms with E-state index in [4.69, 9.17) is 8.92 Å². The van der Waals surface area contributed by atoms with E-state index in [-0.39, 0.29) is 0 Å². The molecule has 0 saturated heterocycles. The van der Waals surface area contributed by atoms with Crippen LogP contribution >= 0.6 is 12.0 Å². The first-order valence-corrected chi connectivity index (χ1v) is 5.92. The number of hydrogen-bond donors (Lipinski definition) is 0. The first-order valence-electron chi connectivity index (χ1n) is 5.18. The Morgan fingerprint density at radius 3 is 2.20 bits per heavy atom. The molecule has 0 aliphatic heterocycles. The van der Waals surface area contributed by atoms with Crippen LogP contribution in [0.1, 0.15) is 19.4 Å². The molecule has 0 radical (unpaired) electrons. The Balaban J connectivity index is 0.000000921. The standard InChI is InChI=1S/C10H14O2S.C2H6/c1-9-3-5-10(6-4-9)13-12-8-7-11-2;1-2/h3-6H,7-8H2,1-2H3;1-2H3. The van der Waals surface area contributed by atoms with Gasteiger partial charge in [0.05, 0.1) is 13.2 Å². The van der Waals surface area contributed by atoms with Gasteiger partial charge in [-0.05, 0) is 19.1 Å². The third kappa shape index (κ3) is 7.42. The molecule has 0 aromatic heterocycles. The van der Waals surface area contributed by atoms with Gasteiger partial charge < -0.3 is 8.92 Å². The molecule has 0 N–H and O–H groups in total. The molecule has 1 rings (SSSR count). The highest BCUT2D eigenvalue weighted by Crippen LogP contribution is 2.18. The van der Waals surface area contributed by atoms with Gasteiger partial charge in [0.15, 0.2) is 0 Å². The fourth-order valence-electron chi connectivity index (χ4n) is 0.821. The molecule has 0 unspecified atom stereocenters. The maximum atomic E-state index is 5.29. The van der Waals surface area contributed by atoms with E-state index in [0.717, 1.165) is 4.90 Å². The largest absolute Gasteiger partial charge is 0.382 e. The summed E-state index contributed by atoms with van der Waals surface area (Å²) in [5.41, 5.74) is 1.27. The van der Waals surface area contributed by atoms with Gasteiger partial charge in [-0.1, -0.05) is 31.5 Å². The maximum Gasteiger partial charge on any atom is 0.0852 e. The molecule has 0 aliphatic rings. The van der Waals surface area contributed by atoms with Gasteiger partial charge >= 0.3 is 0 Å². The molecule has 0 fully saturated rings. The highest BCUT2D eigenvalue weighted by atomic mass is 32.2. The van der Waals surface area contributed by atoms with Crippen LogP contribution in [0.5, 0.6) is 0 Å². The number of ether oxygens (including phenoxy) is 1. The van der Waals surface area contributed by atoms with Crippen LogP contribution in [-0.2, 0) is 8.92 Å². The molecule has 0 bridgehead atoms. The van der Waals surface area contributed by atoms with E-state index in [9.17, 15) is 0 Å². The third-order valence-electron chi connectivity index (χ3n) is 1.55. The summed E-state index contributed by atoms with van der Waals surface area (Å²) < 4.78 is 10.2. The Morgan fingerprint density at radius 1 is 1.07 bits per heavy atom. The molecule has 86 valence electrons. The molecular weight excluding hydrogens is 208 g/mol. The summed E-state index contributed by atoms with van der Waals surface area (Å²) in [6.45, 7) is 7.33. The SMILES string of the molecule is CC.COCCOSc1ccc(C)cc1. The average molecular weight is 228 g/mol. The molecule has 0 amide bonds. The molecule has 2 nitrogen and oxygen atoms in total. The first kappa shape index (κ1) is 14.5. The Kier molecular flexibility index (Phi) is 9.68. The van der Waals surface area contributed by atoms with Gasteiger partial charge in [0, 0.05) is 24.0 Å². The first-order chi connectivity index (χ1) is 7.33. The smallest absolute Gasteiger partial charge is 0.0852 e. The molecule has 15 heavy (non-hydrogen) atoms. The van der Waals surface area contributed by atoms with Crippen molar-refractivity contribution in [2.45, 2.75) is 25.7 Å². The minimum Gasteiger partial charge on any atom is -0.382 e. The summed E-state index contributed by atoms with van der Waals surface area (Å²) in [5, 5.41) is 0. The Bertz CT molecular complexity index is 234. The van der Waals surface area contributed by atoms with E-state index in [0.29, 0.717) is 13.2 Å². The minimum absolute atomic E-state index is 0.620. The van der Waals surface area contributed by atoms with Crippen molar-refractivity contribution in [1.82, 2.24) is 0 Å². The van der Waals surface area contributed by atoms with Gasteiger partial charge in [-0.25, -0.2) is 0 Å². The second-order valence-corrected chi connectivity index (χ2v) is 3.58. The summed E-state index contributed by atoms with van der Waals surface area (Å²) in [4.78, 5) is 1.13. The van der Waals surface area contributed by atoms with Gasteiger partial charge in [0.25, 0.3) is 0 Å². The van der Waals surface area contributed by atoms with Gasteiger partial charge in [-0.3, -0.25) is 0 Å². The van der Waals surface area contributed by atoms with Gasteiger partial charge in [0.1, 0.15) is 0 Å². The second kappa shape index (κ2) is 10.0. The zero-order chi connectivity index (χ0) is 11.5. The van der Waals surface area contributed by atoms with Crippen molar-refractivity contribution in [2.75, 3.05) is 20.3 Å². The molecular formula is C12H20O2S. The van der Waals surface area contributed by atoms with E-state index in [1.165, 1.54) is 17.6 Å². The monoisotopic (exact) mass is 228 g/mol. The quantitative estimate of drug-likeness (QED) is 0.565. The molecule has 0 heterocycles. The van der Waals surface area contributed by atoms with Gasteiger partial charge in [0.2, 0.25) is 0 Å². The van der Waals surface area contributed by atoms with E-state index >= 15 is 0 Å². The van der Waals surface area contributed by atoms with Crippen LogP contribution in [0.4, 0.5) is 0 Å².